The van der Waals surface area contributed by atoms with Crippen molar-refractivity contribution in [2.24, 2.45) is 7.05 Å². The van der Waals surface area contributed by atoms with Gasteiger partial charge in [-0.3, -0.25) is 14.6 Å². The van der Waals surface area contributed by atoms with E-state index >= 15 is 0 Å². The highest BCUT2D eigenvalue weighted by Crippen LogP contribution is 2.21. The zero-order valence-electron chi connectivity index (χ0n) is 16.2. The topological polar surface area (TPSA) is 109 Å². The number of carbonyl (C=O) groups excluding carboxylic acids is 1. The lowest BCUT2D eigenvalue weighted by molar-refractivity contribution is 0.0949. The molecular formula is C19H21N5O3S2. The van der Waals surface area contributed by atoms with E-state index in [4.69, 9.17) is 12.2 Å². The van der Waals surface area contributed by atoms with Crippen molar-refractivity contribution in [2.75, 3.05) is 4.72 Å². The summed E-state index contributed by atoms with van der Waals surface area (Å²) in [7, 11) is -1.97. The molecule has 1 aromatic heterocycles. The highest BCUT2D eigenvalue weighted by molar-refractivity contribution is 7.92. The standard InChI is InChI=1S/C19H21N5O3S2/c1-12-4-5-13(2)16(10-12)29(26,27)23-15-8-6-14(7-9-15)18(25)20-11-17-21-22-19(28)24(17)3/h4-10,23H,11H2,1-3H3,(H,20,25)(H,22,28). The van der Waals surface area contributed by atoms with Crippen LogP contribution in [0.4, 0.5) is 5.69 Å². The first-order valence-electron chi connectivity index (χ1n) is 8.76. The van der Waals surface area contributed by atoms with E-state index in [0.29, 0.717) is 27.4 Å². The largest absolute Gasteiger partial charge is 0.345 e. The van der Waals surface area contributed by atoms with Gasteiger partial charge < -0.3 is 9.88 Å². The maximum atomic E-state index is 12.7. The molecule has 29 heavy (non-hydrogen) atoms. The lowest BCUT2D eigenvalue weighted by Gasteiger charge is -2.12. The molecule has 0 atom stereocenters. The van der Waals surface area contributed by atoms with Crippen LogP contribution in [0.5, 0.6) is 0 Å². The molecule has 0 aliphatic heterocycles. The number of H-pyrrole nitrogens is 1. The second-order valence-electron chi connectivity index (χ2n) is 6.64. The smallest absolute Gasteiger partial charge is 0.262 e. The number of benzene rings is 2. The van der Waals surface area contributed by atoms with Crippen LogP contribution < -0.4 is 10.0 Å². The molecule has 3 aromatic rings. The van der Waals surface area contributed by atoms with Crippen molar-refractivity contribution in [2.45, 2.75) is 25.3 Å². The number of nitrogens with zero attached hydrogens (tertiary/aromatic N) is 2. The van der Waals surface area contributed by atoms with Gasteiger partial charge in [0.1, 0.15) is 0 Å². The number of aryl methyl sites for hydroxylation is 2. The number of amides is 1. The van der Waals surface area contributed by atoms with Crippen LogP contribution in [-0.2, 0) is 23.6 Å². The van der Waals surface area contributed by atoms with Crippen LogP contribution >= 0.6 is 12.2 Å². The summed E-state index contributed by atoms with van der Waals surface area (Å²) in [5.74, 6) is 0.295. The predicted molar refractivity (Wildman–Crippen MR) is 113 cm³/mol. The summed E-state index contributed by atoms with van der Waals surface area (Å²) in [5, 5.41) is 9.43. The van der Waals surface area contributed by atoms with E-state index in [-0.39, 0.29) is 17.3 Å². The van der Waals surface area contributed by atoms with Crippen molar-refractivity contribution >= 4 is 33.8 Å². The van der Waals surface area contributed by atoms with Gasteiger partial charge >= 0.3 is 0 Å². The first-order valence-corrected chi connectivity index (χ1v) is 10.6. The van der Waals surface area contributed by atoms with E-state index in [2.05, 4.69) is 20.2 Å². The molecule has 0 aliphatic rings. The molecule has 1 amide bonds. The van der Waals surface area contributed by atoms with E-state index in [0.717, 1.165) is 5.56 Å². The quantitative estimate of drug-likeness (QED) is 0.520. The fourth-order valence-electron chi connectivity index (χ4n) is 2.70. The molecule has 1 heterocycles. The lowest BCUT2D eigenvalue weighted by atomic mass is 10.2. The van der Waals surface area contributed by atoms with Crippen molar-refractivity contribution < 1.29 is 13.2 Å². The molecule has 3 N–H and O–H groups in total. The Morgan fingerprint density at radius 2 is 1.86 bits per heavy atom. The molecular weight excluding hydrogens is 410 g/mol. The Morgan fingerprint density at radius 1 is 1.17 bits per heavy atom. The van der Waals surface area contributed by atoms with Crippen LogP contribution in [0, 0.1) is 18.6 Å². The number of aromatic amines is 1. The molecule has 0 spiro atoms. The molecule has 0 radical (unpaired) electrons. The second kappa shape index (κ2) is 8.18. The number of hydrogen-bond donors (Lipinski definition) is 3. The summed E-state index contributed by atoms with van der Waals surface area (Å²) in [6.07, 6.45) is 0. The van der Waals surface area contributed by atoms with Gasteiger partial charge in [0.2, 0.25) is 0 Å². The molecule has 0 saturated carbocycles. The van der Waals surface area contributed by atoms with E-state index < -0.39 is 10.0 Å². The highest BCUT2D eigenvalue weighted by Gasteiger charge is 2.17. The Kier molecular flexibility index (Phi) is 5.85. The van der Waals surface area contributed by atoms with E-state index in [1.165, 1.54) is 0 Å². The summed E-state index contributed by atoms with van der Waals surface area (Å²) < 4.78 is 30.0. The number of anilines is 1. The molecule has 0 saturated heterocycles. The van der Waals surface area contributed by atoms with Crippen LogP contribution in [0.25, 0.3) is 0 Å². The molecule has 8 nitrogen and oxygen atoms in total. The zero-order chi connectivity index (χ0) is 21.2. The Bertz CT molecular complexity index is 1210. The van der Waals surface area contributed by atoms with Gasteiger partial charge in [0.25, 0.3) is 15.9 Å². The maximum absolute atomic E-state index is 12.7. The summed E-state index contributed by atoms with van der Waals surface area (Å²) in [5.41, 5.74) is 2.29. The maximum Gasteiger partial charge on any atom is 0.262 e. The van der Waals surface area contributed by atoms with E-state index in [1.54, 1.807) is 54.9 Å². The number of hydrogen-bond acceptors (Lipinski definition) is 5. The molecule has 0 aliphatic carbocycles. The Labute approximate surface area is 174 Å². The van der Waals surface area contributed by atoms with Gasteiger partial charge in [0.05, 0.1) is 11.4 Å². The molecule has 10 heteroatoms. The van der Waals surface area contributed by atoms with E-state index in [1.807, 2.05) is 13.0 Å². The van der Waals surface area contributed by atoms with Gasteiger partial charge in [-0.2, -0.15) is 5.10 Å². The van der Waals surface area contributed by atoms with Gasteiger partial charge in [0.15, 0.2) is 10.6 Å². The lowest BCUT2D eigenvalue weighted by Crippen LogP contribution is -2.24. The molecule has 0 unspecified atom stereocenters. The number of aromatic nitrogens is 3. The third-order valence-corrected chi connectivity index (χ3v) is 6.30. The molecule has 152 valence electrons. The summed E-state index contributed by atoms with van der Waals surface area (Å²) in [4.78, 5) is 12.5. The Balaban J connectivity index is 1.69. The number of carbonyl (C=O) groups is 1. The fraction of sp³-hybridized carbons (Fsp3) is 0.211. The highest BCUT2D eigenvalue weighted by atomic mass is 32.2. The van der Waals surface area contributed by atoms with Crippen molar-refractivity contribution in [1.29, 1.82) is 0 Å². The first kappa shape index (κ1) is 20.7. The first-order chi connectivity index (χ1) is 13.7. The van der Waals surface area contributed by atoms with Crippen molar-refractivity contribution in [3.05, 3.63) is 69.8 Å². The minimum absolute atomic E-state index is 0.212. The number of nitrogens with one attached hydrogen (secondary N) is 3. The minimum Gasteiger partial charge on any atom is -0.345 e. The van der Waals surface area contributed by atoms with Crippen LogP contribution in [0.3, 0.4) is 0 Å². The van der Waals surface area contributed by atoms with Gasteiger partial charge in [-0.05, 0) is 67.5 Å². The minimum atomic E-state index is -3.72. The average molecular weight is 432 g/mol. The number of sulfonamides is 1. The third kappa shape index (κ3) is 4.72. The predicted octanol–water partition coefficient (Wildman–Crippen LogP) is 2.83. The Morgan fingerprint density at radius 3 is 2.48 bits per heavy atom. The van der Waals surface area contributed by atoms with Crippen molar-refractivity contribution in [1.82, 2.24) is 20.1 Å². The van der Waals surface area contributed by atoms with Crippen LogP contribution in [0.15, 0.2) is 47.4 Å². The van der Waals surface area contributed by atoms with Gasteiger partial charge in [0, 0.05) is 18.3 Å². The van der Waals surface area contributed by atoms with Gasteiger partial charge in [-0.15, -0.1) is 0 Å². The molecule has 2 aromatic carbocycles. The number of rotatable bonds is 6. The van der Waals surface area contributed by atoms with Gasteiger partial charge in [-0.1, -0.05) is 12.1 Å². The molecule has 0 fully saturated rings. The summed E-state index contributed by atoms with van der Waals surface area (Å²) in [6, 6.07) is 11.5. The Hall–Kier alpha value is -2.98. The van der Waals surface area contributed by atoms with E-state index in [9.17, 15) is 13.2 Å². The average Bonchev–Trinajstić information content (AvgIpc) is 3.00. The van der Waals surface area contributed by atoms with Crippen molar-refractivity contribution in [3.63, 3.8) is 0 Å². The fourth-order valence-corrected chi connectivity index (χ4v) is 4.24. The molecule has 0 bridgehead atoms. The normalized spacial score (nSPS) is 11.3. The van der Waals surface area contributed by atoms with Crippen molar-refractivity contribution in [3.8, 4) is 0 Å². The molecule has 3 rings (SSSR count). The monoisotopic (exact) mass is 431 g/mol. The van der Waals surface area contributed by atoms with Crippen LogP contribution in [0.1, 0.15) is 27.3 Å². The summed E-state index contributed by atoms with van der Waals surface area (Å²) in [6.45, 7) is 3.80. The third-order valence-electron chi connectivity index (χ3n) is 4.41. The second-order valence-corrected chi connectivity index (χ2v) is 8.68. The SMILES string of the molecule is Cc1ccc(C)c(S(=O)(=O)Nc2ccc(C(=O)NCc3n[nH]c(=S)n3C)cc2)c1. The van der Waals surface area contributed by atoms with Crippen LogP contribution in [-0.4, -0.2) is 29.1 Å². The summed E-state index contributed by atoms with van der Waals surface area (Å²) >= 11 is 5.03. The zero-order valence-corrected chi connectivity index (χ0v) is 17.8. The van der Waals surface area contributed by atoms with Crippen LogP contribution in [0.2, 0.25) is 0 Å². The van der Waals surface area contributed by atoms with Gasteiger partial charge in [-0.25, -0.2) is 8.42 Å².